The maximum absolute atomic E-state index is 13.7. The molecule has 0 radical (unpaired) electrons. The molecule has 0 aliphatic heterocycles. The quantitative estimate of drug-likeness (QED) is 0.397. The minimum Gasteiger partial charge on any atom is -0.480 e. The lowest BCUT2D eigenvalue weighted by molar-refractivity contribution is -0.127. The molecule has 3 rings (SSSR count). The average molecular weight is 530 g/mol. The summed E-state index contributed by atoms with van der Waals surface area (Å²) in [5.74, 6) is -7.19. The van der Waals surface area contributed by atoms with Crippen molar-refractivity contribution in [2.45, 2.75) is 52.0 Å². The van der Waals surface area contributed by atoms with Crippen LogP contribution in [0.4, 0.5) is 13.2 Å². The molecule has 0 spiro atoms. The van der Waals surface area contributed by atoms with Gasteiger partial charge in [-0.2, -0.15) is 9.49 Å². The zero-order chi connectivity index (χ0) is 28.0. The van der Waals surface area contributed by atoms with Crippen LogP contribution in [0.2, 0.25) is 0 Å². The third-order valence-electron chi connectivity index (χ3n) is 6.03. The lowest BCUT2D eigenvalue weighted by Gasteiger charge is -2.23. The Bertz CT molecular complexity index is 1380. The van der Waals surface area contributed by atoms with Crippen LogP contribution in [0, 0.1) is 17.5 Å². The van der Waals surface area contributed by atoms with E-state index in [0.29, 0.717) is 12.1 Å². The van der Waals surface area contributed by atoms with Gasteiger partial charge >= 0.3 is 0 Å². The van der Waals surface area contributed by atoms with Gasteiger partial charge in [0.1, 0.15) is 6.61 Å². The number of rotatable bonds is 10. The number of hydrogen-bond acceptors (Lipinski definition) is 5. The molecule has 1 aromatic heterocycles. The largest absolute Gasteiger partial charge is 0.480 e. The summed E-state index contributed by atoms with van der Waals surface area (Å²) < 4.78 is 46.7. The Balaban J connectivity index is 1.69. The van der Waals surface area contributed by atoms with Gasteiger partial charge in [0.15, 0.2) is 23.2 Å². The van der Waals surface area contributed by atoms with Crippen LogP contribution in [0.15, 0.2) is 53.5 Å². The zero-order valence-electron chi connectivity index (χ0n) is 21.7. The van der Waals surface area contributed by atoms with Crippen molar-refractivity contribution in [1.29, 1.82) is 0 Å². The molecule has 2 aromatic carbocycles. The second-order valence-corrected chi connectivity index (χ2v) is 9.83. The van der Waals surface area contributed by atoms with E-state index in [1.807, 2.05) is 24.3 Å². The predicted molar refractivity (Wildman–Crippen MR) is 136 cm³/mol. The van der Waals surface area contributed by atoms with E-state index >= 15 is 0 Å². The molecule has 202 valence electrons. The molecule has 0 aliphatic carbocycles. The van der Waals surface area contributed by atoms with Crippen LogP contribution in [0.25, 0.3) is 0 Å². The number of hydrogen-bond donors (Lipinski definition) is 1. The van der Waals surface area contributed by atoms with Crippen LogP contribution < -0.4 is 15.6 Å². The van der Waals surface area contributed by atoms with Gasteiger partial charge in [0.05, 0.1) is 19.0 Å². The van der Waals surface area contributed by atoms with Crippen molar-refractivity contribution < 1.29 is 27.5 Å². The number of ketones is 1. The van der Waals surface area contributed by atoms with Crippen molar-refractivity contribution in [3.63, 3.8) is 0 Å². The van der Waals surface area contributed by atoms with Crippen molar-refractivity contribution in [2.24, 2.45) is 0 Å². The van der Waals surface area contributed by atoms with Gasteiger partial charge in [0.2, 0.25) is 11.7 Å². The van der Waals surface area contributed by atoms with Gasteiger partial charge in [-0.15, -0.1) is 0 Å². The number of amides is 1. The van der Waals surface area contributed by atoms with Gasteiger partial charge in [-0.05, 0) is 41.2 Å². The zero-order valence-corrected chi connectivity index (χ0v) is 21.7. The second kappa shape index (κ2) is 12.1. The first-order valence-corrected chi connectivity index (χ1v) is 12.1. The molecule has 0 aliphatic rings. The summed E-state index contributed by atoms with van der Waals surface area (Å²) in [6.07, 6.45) is 1.72. The van der Waals surface area contributed by atoms with E-state index in [0.717, 1.165) is 11.1 Å². The minimum absolute atomic E-state index is 0.147. The second-order valence-electron chi connectivity index (χ2n) is 9.83. The van der Waals surface area contributed by atoms with E-state index in [1.165, 1.54) is 16.9 Å². The number of nitrogens with zero attached hydrogens (tertiary/aromatic N) is 2. The number of ether oxygens (including phenoxy) is 1. The number of halogens is 3. The first-order valence-electron chi connectivity index (χ1n) is 12.1. The highest BCUT2D eigenvalue weighted by molar-refractivity contribution is 5.89. The average Bonchev–Trinajstić information content (AvgIpc) is 2.87. The SMILES string of the molecule is CC[C@@H](C(=O)NCC(=O)COc1c(F)ccc(F)c1F)c1ccnn(Cc2ccccc2C(C)(C)C)c1=O. The Labute approximate surface area is 218 Å². The third-order valence-corrected chi connectivity index (χ3v) is 6.03. The number of carbonyl (C=O) groups is 2. The number of benzene rings is 2. The van der Waals surface area contributed by atoms with Gasteiger partial charge in [0, 0.05) is 11.8 Å². The van der Waals surface area contributed by atoms with Crippen LogP contribution in [0.1, 0.15) is 56.7 Å². The van der Waals surface area contributed by atoms with Crippen molar-refractivity contribution in [3.8, 4) is 5.75 Å². The predicted octanol–water partition coefficient (Wildman–Crippen LogP) is 4.26. The van der Waals surface area contributed by atoms with E-state index in [2.05, 4.69) is 31.2 Å². The molecule has 1 N–H and O–H groups in total. The molecule has 1 atom stereocenters. The van der Waals surface area contributed by atoms with Crippen LogP contribution >= 0.6 is 0 Å². The Kier molecular flexibility index (Phi) is 9.08. The highest BCUT2D eigenvalue weighted by Crippen LogP contribution is 2.26. The standard InChI is InChI=1S/C28H30F3N3O4/c1-5-19(26(36)32-14-18(35)16-38-25-23(30)11-10-22(29)24(25)31)20-12-13-33-34(27(20)37)15-17-8-6-7-9-21(17)28(2,3)4/h6-13,19H,5,14-16H2,1-4H3,(H,32,36)/t19-/m1/s1. The topological polar surface area (TPSA) is 90.3 Å². The minimum atomic E-state index is -1.55. The van der Waals surface area contributed by atoms with Crippen LogP contribution in [-0.2, 0) is 21.5 Å². The number of carbonyl (C=O) groups excluding carboxylic acids is 2. The lowest BCUT2D eigenvalue weighted by atomic mass is 9.84. The number of aromatic nitrogens is 2. The summed E-state index contributed by atoms with van der Waals surface area (Å²) in [6.45, 7) is 6.88. The highest BCUT2D eigenvalue weighted by atomic mass is 19.2. The summed E-state index contributed by atoms with van der Waals surface area (Å²) in [4.78, 5) is 38.3. The molecule has 38 heavy (non-hydrogen) atoms. The van der Waals surface area contributed by atoms with Crippen LogP contribution in [0.5, 0.6) is 5.75 Å². The molecule has 3 aromatic rings. The van der Waals surface area contributed by atoms with Gasteiger partial charge < -0.3 is 10.1 Å². The molecular formula is C28H30F3N3O4. The van der Waals surface area contributed by atoms with Crippen molar-refractivity contribution in [1.82, 2.24) is 15.1 Å². The first kappa shape index (κ1) is 28.6. The van der Waals surface area contributed by atoms with Gasteiger partial charge in [-0.3, -0.25) is 14.4 Å². The van der Waals surface area contributed by atoms with Gasteiger partial charge in [-0.1, -0.05) is 52.0 Å². The van der Waals surface area contributed by atoms with Crippen molar-refractivity contribution in [2.75, 3.05) is 13.2 Å². The fraction of sp³-hybridized carbons (Fsp3) is 0.357. The van der Waals surface area contributed by atoms with E-state index in [-0.39, 0.29) is 23.9 Å². The van der Waals surface area contributed by atoms with E-state index in [1.54, 1.807) is 6.92 Å². The summed E-state index contributed by atoms with van der Waals surface area (Å²) in [7, 11) is 0. The third kappa shape index (κ3) is 6.67. The van der Waals surface area contributed by atoms with E-state index < -0.39 is 59.5 Å². The first-order chi connectivity index (χ1) is 17.9. The normalized spacial score (nSPS) is 12.2. The molecule has 0 saturated heterocycles. The lowest BCUT2D eigenvalue weighted by Crippen LogP contribution is -2.38. The molecule has 1 heterocycles. The number of nitrogens with one attached hydrogen (secondary N) is 1. The van der Waals surface area contributed by atoms with E-state index in [9.17, 15) is 27.6 Å². The Morgan fingerprint density at radius 2 is 1.74 bits per heavy atom. The van der Waals surface area contributed by atoms with Gasteiger partial charge in [0.25, 0.3) is 5.56 Å². The van der Waals surface area contributed by atoms with Crippen LogP contribution in [-0.4, -0.2) is 34.6 Å². The summed E-state index contributed by atoms with van der Waals surface area (Å²) in [6, 6.07) is 10.5. The fourth-order valence-corrected chi connectivity index (χ4v) is 4.10. The fourth-order valence-electron chi connectivity index (χ4n) is 4.10. The summed E-state index contributed by atoms with van der Waals surface area (Å²) in [5, 5.41) is 6.63. The molecule has 0 bridgehead atoms. The monoisotopic (exact) mass is 529 g/mol. The Morgan fingerprint density at radius 3 is 2.42 bits per heavy atom. The Morgan fingerprint density at radius 1 is 1.05 bits per heavy atom. The molecule has 1 amide bonds. The maximum Gasteiger partial charge on any atom is 0.271 e. The smallest absolute Gasteiger partial charge is 0.271 e. The highest BCUT2D eigenvalue weighted by Gasteiger charge is 2.24. The molecule has 0 saturated carbocycles. The summed E-state index contributed by atoms with van der Waals surface area (Å²) in [5.41, 5.74) is 1.65. The van der Waals surface area contributed by atoms with Crippen molar-refractivity contribution in [3.05, 3.63) is 93.2 Å². The number of Topliss-reactive ketones (excluding diaryl/α,β-unsaturated/α-hetero) is 1. The maximum atomic E-state index is 13.7. The van der Waals surface area contributed by atoms with Crippen LogP contribution in [0.3, 0.4) is 0 Å². The van der Waals surface area contributed by atoms with E-state index in [4.69, 9.17) is 4.74 Å². The molecule has 7 nitrogen and oxygen atoms in total. The molecular weight excluding hydrogens is 499 g/mol. The summed E-state index contributed by atoms with van der Waals surface area (Å²) >= 11 is 0. The Hall–Kier alpha value is -3.95. The van der Waals surface area contributed by atoms with Gasteiger partial charge in [-0.25, -0.2) is 13.5 Å². The molecule has 0 fully saturated rings. The molecule has 10 heteroatoms. The molecule has 0 unspecified atom stereocenters. The van der Waals surface area contributed by atoms with Crippen molar-refractivity contribution >= 4 is 11.7 Å².